The molecule has 2 aliphatic rings. The van der Waals surface area contributed by atoms with Crippen LogP contribution in [0, 0.1) is 0 Å². The number of nitrogens with zero attached hydrogens (tertiary/aromatic N) is 1. The summed E-state index contributed by atoms with van der Waals surface area (Å²) >= 11 is 0. The van der Waals surface area contributed by atoms with Gasteiger partial charge in [0.25, 0.3) is 0 Å². The fraction of sp³-hybridized carbons (Fsp3) is 0.300. The van der Waals surface area contributed by atoms with Crippen LogP contribution in [0.5, 0.6) is 0 Å². The average molecular weight is 514 g/mol. The second kappa shape index (κ2) is 11.1. The van der Waals surface area contributed by atoms with Gasteiger partial charge >= 0.3 is 6.09 Å². The fourth-order valence-electron chi connectivity index (χ4n) is 5.35. The number of carbonyl (C=O) groups is 3. The first-order valence-corrected chi connectivity index (χ1v) is 12.9. The highest BCUT2D eigenvalue weighted by atomic mass is 16.5. The van der Waals surface area contributed by atoms with Gasteiger partial charge in [-0.3, -0.25) is 9.59 Å². The maximum atomic E-state index is 13.2. The van der Waals surface area contributed by atoms with Gasteiger partial charge in [0, 0.05) is 18.2 Å². The van der Waals surface area contributed by atoms with Gasteiger partial charge in [0.1, 0.15) is 18.7 Å². The number of fused-ring (bicyclic) bond motifs is 3. The highest BCUT2D eigenvalue weighted by Gasteiger charge is 2.37. The monoisotopic (exact) mass is 513 g/mol. The third-order valence-corrected chi connectivity index (χ3v) is 7.29. The molecule has 0 spiro atoms. The lowest BCUT2D eigenvalue weighted by atomic mass is 9.98. The van der Waals surface area contributed by atoms with E-state index in [0.717, 1.165) is 27.8 Å². The fourth-order valence-corrected chi connectivity index (χ4v) is 5.35. The number of amides is 3. The van der Waals surface area contributed by atoms with Crippen molar-refractivity contribution in [2.45, 2.75) is 44.4 Å². The Morgan fingerprint density at radius 1 is 0.974 bits per heavy atom. The molecule has 8 heteroatoms. The molecule has 38 heavy (non-hydrogen) atoms. The molecule has 1 fully saturated rings. The molecule has 3 amide bonds. The average Bonchev–Trinajstić information content (AvgIpc) is 3.55. The standard InChI is InChI=1S/C30H31N3O5/c1-19(29(36)33-16-6-11-27(33)28(35)32-21-14-12-20(17-34)13-15-21)31-30(37)38-18-26-24-9-4-2-7-22(24)23-8-3-5-10-25(23)26/h2-5,7-10,12-15,19,26-27,34H,6,11,16-18H2,1H3,(H,31,37)(H,32,35)/t19-,27+/m1/s1. The lowest BCUT2D eigenvalue weighted by Gasteiger charge is -2.27. The third-order valence-electron chi connectivity index (χ3n) is 7.29. The molecule has 0 saturated carbocycles. The number of ether oxygens (including phenoxy) is 1. The first-order valence-electron chi connectivity index (χ1n) is 12.9. The van der Waals surface area contributed by atoms with Crippen molar-refractivity contribution in [2.24, 2.45) is 0 Å². The quantitative estimate of drug-likeness (QED) is 0.442. The lowest BCUT2D eigenvalue weighted by molar-refractivity contribution is -0.138. The Morgan fingerprint density at radius 3 is 2.24 bits per heavy atom. The van der Waals surface area contributed by atoms with Crippen molar-refractivity contribution in [3.63, 3.8) is 0 Å². The molecule has 1 aliphatic heterocycles. The first-order chi connectivity index (χ1) is 18.5. The van der Waals surface area contributed by atoms with E-state index in [1.807, 2.05) is 36.4 Å². The minimum absolute atomic E-state index is 0.0720. The number of likely N-dealkylation sites (tertiary alicyclic amines) is 1. The van der Waals surface area contributed by atoms with Gasteiger partial charge in [-0.05, 0) is 59.7 Å². The molecule has 1 aliphatic carbocycles. The predicted molar refractivity (Wildman–Crippen MR) is 143 cm³/mol. The van der Waals surface area contributed by atoms with Crippen LogP contribution in [-0.2, 0) is 20.9 Å². The molecule has 1 saturated heterocycles. The molecule has 0 aromatic heterocycles. The van der Waals surface area contributed by atoms with Crippen molar-refractivity contribution >= 4 is 23.6 Å². The highest BCUT2D eigenvalue weighted by Crippen LogP contribution is 2.44. The van der Waals surface area contributed by atoms with Gasteiger partial charge in [0.15, 0.2) is 0 Å². The summed E-state index contributed by atoms with van der Waals surface area (Å²) in [5.41, 5.74) is 5.85. The van der Waals surface area contributed by atoms with E-state index >= 15 is 0 Å². The molecule has 2 atom stereocenters. The summed E-state index contributed by atoms with van der Waals surface area (Å²) in [5.74, 6) is -0.676. The minimum atomic E-state index is -0.845. The van der Waals surface area contributed by atoms with Crippen LogP contribution >= 0.6 is 0 Å². The van der Waals surface area contributed by atoms with Gasteiger partial charge in [-0.1, -0.05) is 60.7 Å². The number of anilines is 1. The Labute approximate surface area is 221 Å². The highest BCUT2D eigenvalue weighted by molar-refractivity contribution is 5.98. The molecule has 3 N–H and O–H groups in total. The van der Waals surface area contributed by atoms with E-state index in [2.05, 4.69) is 22.8 Å². The summed E-state index contributed by atoms with van der Waals surface area (Å²) in [6, 6.07) is 21.6. The zero-order chi connectivity index (χ0) is 26.6. The molecule has 3 aromatic carbocycles. The van der Waals surface area contributed by atoms with E-state index in [9.17, 15) is 19.5 Å². The van der Waals surface area contributed by atoms with E-state index in [4.69, 9.17) is 4.74 Å². The van der Waals surface area contributed by atoms with Crippen molar-refractivity contribution in [2.75, 3.05) is 18.5 Å². The van der Waals surface area contributed by atoms with Gasteiger partial charge in [-0.2, -0.15) is 0 Å². The second-order valence-electron chi connectivity index (χ2n) is 9.73. The molecule has 1 heterocycles. The van der Waals surface area contributed by atoms with Crippen LogP contribution in [0.2, 0.25) is 0 Å². The van der Waals surface area contributed by atoms with E-state index in [1.54, 1.807) is 31.2 Å². The minimum Gasteiger partial charge on any atom is -0.449 e. The predicted octanol–water partition coefficient (Wildman–Crippen LogP) is 4.04. The first kappa shape index (κ1) is 25.5. The maximum absolute atomic E-state index is 13.2. The summed E-state index contributed by atoms with van der Waals surface area (Å²) in [5, 5.41) is 14.7. The number of aliphatic hydroxyl groups is 1. The topological polar surface area (TPSA) is 108 Å². The smallest absolute Gasteiger partial charge is 0.407 e. The van der Waals surface area contributed by atoms with Crippen LogP contribution in [0.1, 0.15) is 42.4 Å². The third kappa shape index (κ3) is 5.13. The van der Waals surface area contributed by atoms with Crippen LogP contribution in [0.3, 0.4) is 0 Å². The van der Waals surface area contributed by atoms with Crippen molar-refractivity contribution in [3.8, 4) is 11.1 Å². The maximum Gasteiger partial charge on any atom is 0.407 e. The molecule has 0 radical (unpaired) electrons. The molecular weight excluding hydrogens is 482 g/mol. The Hall–Kier alpha value is -4.17. The molecule has 8 nitrogen and oxygen atoms in total. The van der Waals surface area contributed by atoms with Crippen molar-refractivity contribution in [1.82, 2.24) is 10.2 Å². The van der Waals surface area contributed by atoms with Crippen LogP contribution in [-0.4, -0.2) is 53.1 Å². The molecule has 0 bridgehead atoms. The number of aliphatic hydroxyl groups excluding tert-OH is 1. The Bertz CT molecular complexity index is 1290. The van der Waals surface area contributed by atoms with Crippen LogP contribution < -0.4 is 10.6 Å². The van der Waals surface area contributed by atoms with Crippen molar-refractivity contribution < 1.29 is 24.2 Å². The number of nitrogens with one attached hydrogen (secondary N) is 2. The molecule has 0 unspecified atom stereocenters. The Morgan fingerprint density at radius 2 is 1.61 bits per heavy atom. The Kier molecular flexibility index (Phi) is 7.42. The van der Waals surface area contributed by atoms with Gasteiger partial charge in [-0.15, -0.1) is 0 Å². The van der Waals surface area contributed by atoms with E-state index in [0.29, 0.717) is 25.1 Å². The number of rotatable bonds is 7. The van der Waals surface area contributed by atoms with E-state index in [1.165, 1.54) is 4.90 Å². The van der Waals surface area contributed by atoms with Gasteiger partial charge in [0.05, 0.1) is 6.61 Å². The summed E-state index contributed by atoms with van der Waals surface area (Å²) in [6.45, 7) is 2.13. The molecule has 3 aromatic rings. The number of carbonyl (C=O) groups excluding carboxylic acids is 3. The summed E-state index contributed by atoms with van der Waals surface area (Å²) < 4.78 is 5.58. The van der Waals surface area contributed by atoms with Gasteiger partial charge < -0.3 is 25.4 Å². The number of benzene rings is 3. The molecule has 5 rings (SSSR count). The molecular formula is C30H31N3O5. The zero-order valence-corrected chi connectivity index (χ0v) is 21.2. The van der Waals surface area contributed by atoms with Crippen LogP contribution in [0.15, 0.2) is 72.8 Å². The Balaban J connectivity index is 1.17. The van der Waals surface area contributed by atoms with Crippen molar-refractivity contribution in [3.05, 3.63) is 89.5 Å². The summed E-state index contributed by atoms with van der Waals surface area (Å²) in [6.07, 6.45) is 0.575. The molecule has 196 valence electrons. The SMILES string of the molecule is C[C@@H](NC(=O)OCC1c2ccccc2-c2ccccc21)C(=O)N1CCC[C@H]1C(=O)Nc1ccc(CO)cc1. The van der Waals surface area contributed by atoms with Crippen LogP contribution in [0.4, 0.5) is 10.5 Å². The van der Waals surface area contributed by atoms with Crippen molar-refractivity contribution in [1.29, 1.82) is 0 Å². The van der Waals surface area contributed by atoms with E-state index < -0.39 is 18.2 Å². The number of hydrogen-bond donors (Lipinski definition) is 3. The van der Waals surface area contributed by atoms with Gasteiger partial charge in [-0.25, -0.2) is 4.79 Å². The summed E-state index contributed by atoms with van der Waals surface area (Å²) in [7, 11) is 0. The van der Waals surface area contributed by atoms with Crippen LogP contribution in [0.25, 0.3) is 11.1 Å². The number of hydrogen-bond acceptors (Lipinski definition) is 5. The van der Waals surface area contributed by atoms with E-state index in [-0.39, 0.29) is 30.9 Å². The lowest BCUT2D eigenvalue weighted by Crippen LogP contribution is -2.51. The van der Waals surface area contributed by atoms with Gasteiger partial charge in [0.2, 0.25) is 11.8 Å². The normalized spacial score (nSPS) is 16.9. The summed E-state index contributed by atoms with van der Waals surface area (Å²) in [4.78, 5) is 40.3. The second-order valence-corrected chi connectivity index (χ2v) is 9.73. The largest absolute Gasteiger partial charge is 0.449 e. The number of alkyl carbamates (subject to hydrolysis) is 1. The zero-order valence-electron chi connectivity index (χ0n) is 21.2.